The average molecular weight is 339 g/mol. The Kier molecular flexibility index (Phi) is 6.89. The van der Waals surface area contributed by atoms with Gasteiger partial charge in [-0.3, -0.25) is 9.59 Å². The molecule has 2 aromatic carbocycles. The first kappa shape index (κ1) is 18.4. The summed E-state index contributed by atoms with van der Waals surface area (Å²) in [6.45, 7) is 2.28. The number of esters is 1. The zero-order valence-electron chi connectivity index (χ0n) is 14.2. The molecule has 2 rings (SSSR count). The standard InChI is InChI=1S/C20H21NO4/c1-2-13-25-20(24)16-9-6-10-17(14-16)21-19(23)12-11-18(22)15-7-4-3-5-8-15/h3-10,14H,2,11-13H2,1H3,(H,21,23). The van der Waals surface area contributed by atoms with Crippen LogP contribution in [0.2, 0.25) is 0 Å². The molecular formula is C20H21NO4. The number of carbonyl (C=O) groups excluding carboxylic acids is 3. The van der Waals surface area contributed by atoms with Gasteiger partial charge in [0.15, 0.2) is 5.78 Å². The fraction of sp³-hybridized carbons (Fsp3) is 0.250. The lowest BCUT2D eigenvalue weighted by atomic mass is 10.1. The zero-order valence-corrected chi connectivity index (χ0v) is 14.2. The molecule has 0 atom stereocenters. The molecule has 0 saturated heterocycles. The van der Waals surface area contributed by atoms with Crippen molar-refractivity contribution in [3.05, 3.63) is 65.7 Å². The highest BCUT2D eigenvalue weighted by atomic mass is 16.5. The molecule has 0 spiro atoms. The van der Waals surface area contributed by atoms with Gasteiger partial charge in [-0.05, 0) is 24.6 Å². The molecule has 0 radical (unpaired) electrons. The minimum absolute atomic E-state index is 0.0763. The third-order valence-corrected chi connectivity index (χ3v) is 3.49. The highest BCUT2D eigenvalue weighted by molar-refractivity contribution is 6.00. The lowest BCUT2D eigenvalue weighted by molar-refractivity contribution is -0.116. The van der Waals surface area contributed by atoms with Crippen molar-refractivity contribution in [3.8, 4) is 0 Å². The fourth-order valence-corrected chi connectivity index (χ4v) is 2.22. The predicted octanol–water partition coefficient (Wildman–Crippen LogP) is 3.86. The van der Waals surface area contributed by atoms with E-state index in [1.54, 1.807) is 48.5 Å². The quantitative estimate of drug-likeness (QED) is 0.585. The molecule has 0 aliphatic rings. The fourth-order valence-electron chi connectivity index (χ4n) is 2.22. The third kappa shape index (κ3) is 5.88. The Morgan fingerprint density at radius 3 is 2.36 bits per heavy atom. The first-order valence-corrected chi connectivity index (χ1v) is 8.25. The first-order valence-electron chi connectivity index (χ1n) is 8.25. The number of rotatable bonds is 8. The summed E-state index contributed by atoms with van der Waals surface area (Å²) in [7, 11) is 0. The molecule has 25 heavy (non-hydrogen) atoms. The smallest absolute Gasteiger partial charge is 0.338 e. The van der Waals surface area contributed by atoms with E-state index >= 15 is 0 Å². The number of hydrogen-bond donors (Lipinski definition) is 1. The average Bonchev–Trinajstić information content (AvgIpc) is 2.65. The summed E-state index contributed by atoms with van der Waals surface area (Å²) >= 11 is 0. The van der Waals surface area contributed by atoms with Crippen molar-refractivity contribution in [1.29, 1.82) is 0 Å². The number of hydrogen-bond acceptors (Lipinski definition) is 4. The molecule has 5 heteroatoms. The van der Waals surface area contributed by atoms with Crippen LogP contribution in [-0.2, 0) is 9.53 Å². The largest absolute Gasteiger partial charge is 0.462 e. The Bertz CT molecular complexity index is 740. The van der Waals surface area contributed by atoms with Gasteiger partial charge in [-0.1, -0.05) is 43.3 Å². The van der Waals surface area contributed by atoms with Gasteiger partial charge in [0.1, 0.15) is 0 Å². The Hall–Kier alpha value is -2.95. The van der Waals surface area contributed by atoms with Crippen LogP contribution < -0.4 is 5.32 Å². The van der Waals surface area contributed by atoms with Crippen LogP contribution in [0.15, 0.2) is 54.6 Å². The van der Waals surface area contributed by atoms with Crippen molar-refractivity contribution in [2.24, 2.45) is 0 Å². The van der Waals surface area contributed by atoms with Crippen LogP contribution in [0.5, 0.6) is 0 Å². The summed E-state index contributed by atoms with van der Waals surface area (Å²) in [5.74, 6) is -0.770. The zero-order chi connectivity index (χ0) is 18.1. The van der Waals surface area contributed by atoms with Crippen LogP contribution >= 0.6 is 0 Å². The van der Waals surface area contributed by atoms with Gasteiger partial charge in [-0.25, -0.2) is 4.79 Å². The third-order valence-electron chi connectivity index (χ3n) is 3.49. The molecule has 0 saturated carbocycles. The molecule has 0 aliphatic heterocycles. The Morgan fingerprint density at radius 1 is 0.920 bits per heavy atom. The number of ether oxygens (including phenoxy) is 1. The molecule has 130 valence electrons. The Balaban J connectivity index is 1.88. The Morgan fingerprint density at radius 2 is 1.64 bits per heavy atom. The lowest BCUT2D eigenvalue weighted by Gasteiger charge is -2.07. The molecule has 1 amide bonds. The summed E-state index contributed by atoms with van der Waals surface area (Å²) in [6, 6.07) is 15.4. The maximum atomic E-state index is 12.0. The second-order valence-corrected chi connectivity index (χ2v) is 5.55. The second-order valence-electron chi connectivity index (χ2n) is 5.55. The molecule has 0 unspecified atom stereocenters. The molecule has 0 aliphatic carbocycles. The van der Waals surface area contributed by atoms with E-state index < -0.39 is 5.97 Å². The molecule has 0 fully saturated rings. The number of nitrogens with one attached hydrogen (secondary N) is 1. The van der Waals surface area contributed by atoms with E-state index in [1.165, 1.54) is 0 Å². The molecule has 2 aromatic rings. The van der Waals surface area contributed by atoms with E-state index in [2.05, 4.69) is 5.32 Å². The van der Waals surface area contributed by atoms with Crippen molar-refractivity contribution in [1.82, 2.24) is 0 Å². The molecule has 0 bridgehead atoms. The van der Waals surface area contributed by atoms with E-state index in [9.17, 15) is 14.4 Å². The van der Waals surface area contributed by atoms with Crippen molar-refractivity contribution in [2.45, 2.75) is 26.2 Å². The van der Waals surface area contributed by atoms with Crippen LogP contribution in [0.1, 0.15) is 46.9 Å². The van der Waals surface area contributed by atoms with E-state index in [4.69, 9.17) is 4.74 Å². The van der Waals surface area contributed by atoms with Crippen molar-refractivity contribution in [2.75, 3.05) is 11.9 Å². The summed E-state index contributed by atoms with van der Waals surface area (Å²) in [5, 5.41) is 2.70. The van der Waals surface area contributed by atoms with Gasteiger partial charge in [0.25, 0.3) is 0 Å². The van der Waals surface area contributed by atoms with Crippen LogP contribution in [-0.4, -0.2) is 24.3 Å². The molecule has 1 N–H and O–H groups in total. The van der Waals surface area contributed by atoms with Gasteiger partial charge < -0.3 is 10.1 Å². The molecule has 0 heterocycles. The number of Topliss-reactive ketones (excluding diaryl/α,β-unsaturated/α-hetero) is 1. The van der Waals surface area contributed by atoms with Crippen molar-refractivity contribution < 1.29 is 19.1 Å². The topological polar surface area (TPSA) is 72.5 Å². The highest BCUT2D eigenvalue weighted by Crippen LogP contribution is 2.13. The van der Waals surface area contributed by atoms with E-state index in [-0.39, 0.29) is 24.5 Å². The minimum atomic E-state index is -0.419. The van der Waals surface area contributed by atoms with Crippen molar-refractivity contribution in [3.63, 3.8) is 0 Å². The second kappa shape index (κ2) is 9.37. The van der Waals surface area contributed by atoms with Gasteiger partial charge in [0.05, 0.1) is 12.2 Å². The normalized spacial score (nSPS) is 10.1. The van der Waals surface area contributed by atoms with Crippen LogP contribution in [0, 0.1) is 0 Å². The van der Waals surface area contributed by atoms with E-state index in [0.29, 0.717) is 23.4 Å². The SMILES string of the molecule is CCCOC(=O)c1cccc(NC(=O)CCC(=O)c2ccccc2)c1. The van der Waals surface area contributed by atoms with Crippen LogP contribution in [0.3, 0.4) is 0 Å². The monoisotopic (exact) mass is 339 g/mol. The summed E-state index contributed by atoms with van der Waals surface area (Å²) in [6.07, 6.45) is 0.962. The first-order chi connectivity index (χ1) is 12.1. The number of carbonyl (C=O) groups is 3. The van der Waals surface area contributed by atoms with Crippen LogP contribution in [0.25, 0.3) is 0 Å². The van der Waals surface area contributed by atoms with E-state index in [1.807, 2.05) is 13.0 Å². The highest BCUT2D eigenvalue weighted by Gasteiger charge is 2.11. The van der Waals surface area contributed by atoms with Crippen molar-refractivity contribution >= 4 is 23.3 Å². The summed E-state index contributed by atoms with van der Waals surface area (Å²) < 4.78 is 5.07. The van der Waals surface area contributed by atoms with Crippen LogP contribution in [0.4, 0.5) is 5.69 Å². The molecule has 0 aromatic heterocycles. The summed E-state index contributed by atoms with van der Waals surface area (Å²) in [4.78, 5) is 35.9. The maximum absolute atomic E-state index is 12.0. The van der Waals surface area contributed by atoms with Gasteiger partial charge in [0, 0.05) is 24.1 Å². The number of ketones is 1. The number of benzene rings is 2. The molecular weight excluding hydrogens is 318 g/mol. The predicted molar refractivity (Wildman–Crippen MR) is 95.7 cm³/mol. The van der Waals surface area contributed by atoms with Gasteiger partial charge in [0.2, 0.25) is 5.91 Å². The number of amides is 1. The summed E-state index contributed by atoms with van der Waals surface area (Å²) in [5.41, 5.74) is 1.48. The maximum Gasteiger partial charge on any atom is 0.338 e. The van der Waals surface area contributed by atoms with Gasteiger partial charge >= 0.3 is 5.97 Å². The van der Waals surface area contributed by atoms with E-state index in [0.717, 1.165) is 6.42 Å². The van der Waals surface area contributed by atoms with Gasteiger partial charge in [-0.15, -0.1) is 0 Å². The van der Waals surface area contributed by atoms with Gasteiger partial charge in [-0.2, -0.15) is 0 Å². The minimum Gasteiger partial charge on any atom is -0.462 e. The Labute approximate surface area is 147 Å². The lowest BCUT2D eigenvalue weighted by Crippen LogP contribution is -2.14. The molecule has 5 nitrogen and oxygen atoms in total. The number of anilines is 1.